The molecule has 1 heterocycles. The lowest BCUT2D eigenvalue weighted by molar-refractivity contribution is 0.0634. The van der Waals surface area contributed by atoms with Crippen LogP contribution in [0.2, 0.25) is 0 Å². The summed E-state index contributed by atoms with van der Waals surface area (Å²) in [6, 6.07) is 1.64. The van der Waals surface area contributed by atoms with Gasteiger partial charge < -0.3 is 9.84 Å². The second-order valence-electron chi connectivity index (χ2n) is 4.29. The molecule has 0 unspecified atom stereocenters. The summed E-state index contributed by atoms with van der Waals surface area (Å²) in [7, 11) is 0. The van der Waals surface area contributed by atoms with Gasteiger partial charge in [-0.1, -0.05) is 0 Å². The molecule has 0 aliphatic heterocycles. The standard InChI is InChI=1S/C10H17N3O3/c1-10(2,3)16-9(15)12-8-4-5-11-13(8)6-7-14/h4-5,14H,6-7H2,1-3H3,(H,12,15). The van der Waals surface area contributed by atoms with Gasteiger partial charge in [0.05, 0.1) is 19.3 Å². The van der Waals surface area contributed by atoms with Gasteiger partial charge in [-0.15, -0.1) is 0 Å². The Labute approximate surface area is 94.2 Å². The third kappa shape index (κ3) is 3.90. The molecule has 0 fully saturated rings. The zero-order valence-corrected chi connectivity index (χ0v) is 9.73. The molecule has 0 atom stereocenters. The number of nitrogens with zero attached hydrogens (tertiary/aromatic N) is 2. The Hall–Kier alpha value is -1.56. The first kappa shape index (κ1) is 12.5. The van der Waals surface area contributed by atoms with E-state index in [0.29, 0.717) is 12.4 Å². The molecule has 1 amide bonds. The van der Waals surface area contributed by atoms with Crippen LogP contribution in [0.1, 0.15) is 20.8 Å². The van der Waals surface area contributed by atoms with Gasteiger partial charge in [-0.05, 0) is 20.8 Å². The van der Waals surface area contributed by atoms with Gasteiger partial charge in [0.15, 0.2) is 0 Å². The molecule has 90 valence electrons. The number of rotatable bonds is 3. The predicted octanol–water partition coefficient (Wildman–Crippen LogP) is 1.22. The van der Waals surface area contributed by atoms with E-state index in [1.54, 1.807) is 33.0 Å². The first-order valence-corrected chi connectivity index (χ1v) is 5.05. The van der Waals surface area contributed by atoms with Gasteiger partial charge in [0.2, 0.25) is 0 Å². The summed E-state index contributed by atoms with van der Waals surface area (Å²) < 4.78 is 6.58. The average molecular weight is 227 g/mol. The van der Waals surface area contributed by atoms with Crippen LogP contribution in [0.5, 0.6) is 0 Å². The highest BCUT2D eigenvalue weighted by Gasteiger charge is 2.17. The van der Waals surface area contributed by atoms with E-state index in [-0.39, 0.29) is 6.61 Å². The van der Waals surface area contributed by atoms with E-state index in [1.807, 2.05) is 0 Å². The molecule has 1 aromatic heterocycles. The summed E-state index contributed by atoms with van der Waals surface area (Å²) in [5, 5.41) is 15.3. The maximum Gasteiger partial charge on any atom is 0.413 e. The van der Waals surface area contributed by atoms with E-state index in [4.69, 9.17) is 9.84 Å². The quantitative estimate of drug-likeness (QED) is 0.814. The van der Waals surface area contributed by atoms with Crippen molar-refractivity contribution in [2.45, 2.75) is 32.9 Å². The maximum atomic E-state index is 11.4. The molecule has 6 heteroatoms. The van der Waals surface area contributed by atoms with Crippen LogP contribution in [0.3, 0.4) is 0 Å². The zero-order chi connectivity index (χ0) is 12.2. The molecule has 6 nitrogen and oxygen atoms in total. The minimum atomic E-state index is -0.536. The van der Waals surface area contributed by atoms with Gasteiger partial charge in [-0.25, -0.2) is 9.48 Å². The van der Waals surface area contributed by atoms with Crippen molar-refractivity contribution in [3.05, 3.63) is 12.3 Å². The molecule has 1 rings (SSSR count). The Morgan fingerprint density at radius 1 is 1.62 bits per heavy atom. The fraction of sp³-hybridized carbons (Fsp3) is 0.600. The number of amides is 1. The van der Waals surface area contributed by atoms with Crippen molar-refractivity contribution in [1.82, 2.24) is 9.78 Å². The van der Waals surface area contributed by atoms with Crippen LogP contribution in [0.4, 0.5) is 10.6 Å². The summed E-state index contributed by atoms with van der Waals surface area (Å²) in [6.45, 7) is 5.66. The number of ether oxygens (including phenoxy) is 1. The molecular weight excluding hydrogens is 210 g/mol. The van der Waals surface area contributed by atoms with E-state index in [0.717, 1.165) is 0 Å². The summed E-state index contributed by atoms with van der Waals surface area (Å²) in [6.07, 6.45) is 1.01. The number of aliphatic hydroxyl groups excluding tert-OH is 1. The second kappa shape index (κ2) is 4.98. The van der Waals surface area contributed by atoms with Crippen LogP contribution in [0, 0.1) is 0 Å². The molecule has 16 heavy (non-hydrogen) atoms. The molecule has 0 aliphatic carbocycles. The SMILES string of the molecule is CC(C)(C)OC(=O)Nc1ccnn1CCO. The molecule has 0 radical (unpaired) electrons. The summed E-state index contributed by atoms with van der Waals surface area (Å²) in [4.78, 5) is 11.4. The average Bonchev–Trinajstić information content (AvgIpc) is 2.50. The number of carbonyl (C=O) groups excluding carboxylic acids is 1. The van der Waals surface area contributed by atoms with Gasteiger partial charge in [0.1, 0.15) is 11.4 Å². The van der Waals surface area contributed by atoms with Gasteiger partial charge >= 0.3 is 6.09 Å². The van der Waals surface area contributed by atoms with Crippen molar-refractivity contribution >= 4 is 11.9 Å². The molecule has 0 bridgehead atoms. The lowest BCUT2D eigenvalue weighted by Crippen LogP contribution is -2.28. The molecular formula is C10H17N3O3. The Bertz CT molecular complexity index is 354. The van der Waals surface area contributed by atoms with E-state index in [1.165, 1.54) is 4.68 Å². The summed E-state index contributed by atoms with van der Waals surface area (Å²) in [5.74, 6) is 0.503. The monoisotopic (exact) mass is 227 g/mol. The summed E-state index contributed by atoms with van der Waals surface area (Å²) in [5.41, 5.74) is -0.536. The predicted molar refractivity (Wildman–Crippen MR) is 59.2 cm³/mol. The van der Waals surface area contributed by atoms with E-state index >= 15 is 0 Å². The number of anilines is 1. The lowest BCUT2D eigenvalue weighted by Gasteiger charge is -2.19. The Morgan fingerprint density at radius 2 is 2.31 bits per heavy atom. The van der Waals surface area contributed by atoms with Crippen LogP contribution in [0.15, 0.2) is 12.3 Å². The molecule has 0 saturated heterocycles. The van der Waals surface area contributed by atoms with Gasteiger partial charge in [-0.3, -0.25) is 5.32 Å². The van der Waals surface area contributed by atoms with Gasteiger partial charge in [0.25, 0.3) is 0 Å². The first-order valence-electron chi connectivity index (χ1n) is 5.05. The zero-order valence-electron chi connectivity index (χ0n) is 9.73. The second-order valence-corrected chi connectivity index (χ2v) is 4.29. The highest BCUT2D eigenvalue weighted by Crippen LogP contribution is 2.11. The fourth-order valence-corrected chi connectivity index (χ4v) is 1.12. The largest absolute Gasteiger partial charge is 0.444 e. The van der Waals surface area contributed by atoms with Crippen molar-refractivity contribution < 1.29 is 14.6 Å². The number of carbonyl (C=O) groups is 1. The Kier molecular flexibility index (Phi) is 3.89. The number of hydrogen-bond acceptors (Lipinski definition) is 4. The first-order chi connectivity index (χ1) is 7.42. The Balaban J connectivity index is 2.59. The van der Waals surface area contributed by atoms with Gasteiger partial charge in [0, 0.05) is 6.07 Å². The number of hydrogen-bond donors (Lipinski definition) is 2. The molecule has 1 aromatic rings. The van der Waals surface area contributed by atoms with E-state index in [2.05, 4.69) is 10.4 Å². The van der Waals surface area contributed by atoms with Crippen molar-refractivity contribution in [3.63, 3.8) is 0 Å². The molecule has 0 aromatic carbocycles. The molecule has 2 N–H and O–H groups in total. The van der Waals surface area contributed by atoms with Crippen LogP contribution in [-0.2, 0) is 11.3 Å². The smallest absolute Gasteiger partial charge is 0.413 e. The molecule has 0 spiro atoms. The van der Waals surface area contributed by atoms with E-state index < -0.39 is 11.7 Å². The van der Waals surface area contributed by atoms with Crippen molar-refractivity contribution in [1.29, 1.82) is 0 Å². The minimum absolute atomic E-state index is 0.0370. The van der Waals surface area contributed by atoms with Crippen LogP contribution >= 0.6 is 0 Å². The van der Waals surface area contributed by atoms with Crippen molar-refractivity contribution in [2.24, 2.45) is 0 Å². The highest BCUT2D eigenvalue weighted by atomic mass is 16.6. The maximum absolute atomic E-state index is 11.4. The minimum Gasteiger partial charge on any atom is -0.444 e. The number of aromatic nitrogens is 2. The third-order valence-corrected chi connectivity index (χ3v) is 1.66. The topological polar surface area (TPSA) is 76.4 Å². The van der Waals surface area contributed by atoms with Crippen LogP contribution in [0.25, 0.3) is 0 Å². The Morgan fingerprint density at radius 3 is 2.88 bits per heavy atom. The highest BCUT2D eigenvalue weighted by molar-refractivity contribution is 5.83. The third-order valence-electron chi connectivity index (χ3n) is 1.66. The molecule has 0 aliphatic rings. The van der Waals surface area contributed by atoms with Crippen molar-refractivity contribution in [2.75, 3.05) is 11.9 Å². The van der Waals surface area contributed by atoms with Crippen LogP contribution in [-0.4, -0.2) is 33.2 Å². The van der Waals surface area contributed by atoms with E-state index in [9.17, 15) is 4.79 Å². The van der Waals surface area contributed by atoms with Crippen molar-refractivity contribution in [3.8, 4) is 0 Å². The number of aliphatic hydroxyl groups is 1. The molecule has 0 saturated carbocycles. The fourth-order valence-electron chi connectivity index (χ4n) is 1.12. The lowest BCUT2D eigenvalue weighted by atomic mass is 10.2. The number of nitrogens with one attached hydrogen (secondary N) is 1. The normalized spacial score (nSPS) is 11.2. The van der Waals surface area contributed by atoms with Crippen LogP contribution < -0.4 is 5.32 Å². The van der Waals surface area contributed by atoms with Gasteiger partial charge in [-0.2, -0.15) is 5.10 Å². The summed E-state index contributed by atoms with van der Waals surface area (Å²) >= 11 is 0.